The lowest BCUT2D eigenvalue weighted by molar-refractivity contribution is -0.131. The number of carbonyl (C=O) groups is 2. The highest BCUT2D eigenvalue weighted by Gasteiger charge is 2.26. The van der Waals surface area contributed by atoms with Crippen LogP contribution in [0.2, 0.25) is 0 Å². The first kappa shape index (κ1) is 12.6. The molecule has 1 unspecified atom stereocenters. The molecule has 1 aliphatic rings. The summed E-state index contributed by atoms with van der Waals surface area (Å²) in [7, 11) is 0. The van der Waals surface area contributed by atoms with E-state index in [0.29, 0.717) is 12.1 Å². The van der Waals surface area contributed by atoms with E-state index in [4.69, 9.17) is 0 Å². The van der Waals surface area contributed by atoms with Crippen LogP contribution in [0.3, 0.4) is 0 Å². The van der Waals surface area contributed by atoms with Gasteiger partial charge in [0.2, 0.25) is 5.91 Å². The number of rotatable bonds is 2. The fourth-order valence-corrected chi connectivity index (χ4v) is 2.52. The summed E-state index contributed by atoms with van der Waals surface area (Å²) in [5.41, 5.74) is 1.67. The number of hydrogen-bond acceptors (Lipinski definition) is 3. The van der Waals surface area contributed by atoms with E-state index in [1.807, 2.05) is 36.1 Å². The quantitative estimate of drug-likeness (QED) is 0.743. The number of benzene rings is 1. The molecule has 2 rings (SSSR count). The Kier molecular flexibility index (Phi) is 3.65. The molecule has 4 heteroatoms. The molecular weight excluding hydrogens is 228 g/mol. The van der Waals surface area contributed by atoms with Gasteiger partial charge in [0.15, 0.2) is 6.29 Å². The first-order valence-corrected chi connectivity index (χ1v) is 6.20. The standard InChI is InChI=1S/C14H18N2O2/c1-11-9-15(7-8-16(11)12(2)18)14-6-4-3-5-13(14)10-17/h3-6,10-11H,7-9H2,1-2H3. The van der Waals surface area contributed by atoms with Crippen molar-refractivity contribution >= 4 is 17.9 Å². The second-order valence-corrected chi connectivity index (χ2v) is 4.68. The Hall–Kier alpha value is -1.84. The van der Waals surface area contributed by atoms with Crippen molar-refractivity contribution in [1.82, 2.24) is 4.90 Å². The molecule has 0 spiro atoms. The molecule has 1 aliphatic heterocycles. The second-order valence-electron chi connectivity index (χ2n) is 4.68. The molecule has 0 N–H and O–H groups in total. The molecule has 18 heavy (non-hydrogen) atoms. The number of carbonyl (C=O) groups excluding carboxylic acids is 2. The summed E-state index contributed by atoms with van der Waals surface area (Å²) in [5, 5.41) is 0. The topological polar surface area (TPSA) is 40.6 Å². The molecule has 1 aromatic rings. The molecule has 1 saturated heterocycles. The van der Waals surface area contributed by atoms with Crippen LogP contribution in [0, 0.1) is 0 Å². The number of nitrogens with zero attached hydrogens (tertiary/aromatic N) is 2. The van der Waals surface area contributed by atoms with E-state index < -0.39 is 0 Å². The van der Waals surface area contributed by atoms with Crippen LogP contribution in [0.25, 0.3) is 0 Å². The molecule has 0 aliphatic carbocycles. The van der Waals surface area contributed by atoms with Crippen molar-refractivity contribution in [3.63, 3.8) is 0 Å². The molecule has 1 fully saturated rings. The molecule has 1 atom stereocenters. The van der Waals surface area contributed by atoms with E-state index in [9.17, 15) is 9.59 Å². The van der Waals surface area contributed by atoms with Crippen molar-refractivity contribution in [2.45, 2.75) is 19.9 Å². The fraction of sp³-hybridized carbons (Fsp3) is 0.429. The number of anilines is 1. The zero-order chi connectivity index (χ0) is 13.1. The van der Waals surface area contributed by atoms with Gasteiger partial charge in [-0.05, 0) is 19.1 Å². The van der Waals surface area contributed by atoms with E-state index in [1.165, 1.54) is 0 Å². The van der Waals surface area contributed by atoms with Crippen molar-refractivity contribution in [1.29, 1.82) is 0 Å². The largest absolute Gasteiger partial charge is 0.367 e. The zero-order valence-electron chi connectivity index (χ0n) is 10.8. The molecular formula is C14H18N2O2. The molecule has 0 aromatic heterocycles. The van der Waals surface area contributed by atoms with E-state index in [2.05, 4.69) is 4.90 Å². The van der Waals surface area contributed by atoms with Crippen molar-refractivity contribution in [3.05, 3.63) is 29.8 Å². The SMILES string of the molecule is CC(=O)N1CCN(c2ccccc2C=O)CC1C. The molecule has 0 bridgehead atoms. The van der Waals surface area contributed by atoms with Crippen molar-refractivity contribution in [3.8, 4) is 0 Å². The van der Waals surface area contributed by atoms with Gasteiger partial charge in [-0.25, -0.2) is 0 Å². The molecule has 1 heterocycles. The van der Waals surface area contributed by atoms with E-state index in [1.54, 1.807) is 6.92 Å². The van der Waals surface area contributed by atoms with Crippen LogP contribution >= 0.6 is 0 Å². The van der Waals surface area contributed by atoms with Gasteiger partial charge in [0, 0.05) is 43.9 Å². The Labute approximate surface area is 107 Å². The first-order chi connectivity index (χ1) is 8.63. The van der Waals surface area contributed by atoms with Gasteiger partial charge in [-0.15, -0.1) is 0 Å². The van der Waals surface area contributed by atoms with E-state index in [-0.39, 0.29) is 11.9 Å². The van der Waals surface area contributed by atoms with Crippen molar-refractivity contribution in [2.75, 3.05) is 24.5 Å². The van der Waals surface area contributed by atoms with Crippen LogP contribution < -0.4 is 4.90 Å². The average molecular weight is 246 g/mol. The van der Waals surface area contributed by atoms with Gasteiger partial charge in [-0.1, -0.05) is 12.1 Å². The molecule has 0 saturated carbocycles. The van der Waals surface area contributed by atoms with Gasteiger partial charge >= 0.3 is 0 Å². The Morgan fingerprint density at radius 2 is 2.06 bits per heavy atom. The van der Waals surface area contributed by atoms with Crippen LogP contribution in [-0.4, -0.2) is 42.8 Å². The third-order valence-corrected chi connectivity index (χ3v) is 3.44. The molecule has 0 radical (unpaired) electrons. The summed E-state index contributed by atoms with van der Waals surface area (Å²) >= 11 is 0. The minimum absolute atomic E-state index is 0.117. The third-order valence-electron chi connectivity index (χ3n) is 3.44. The molecule has 1 aromatic carbocycles. The van der Waals surface area contributed by atoms with Gasteiger partial charge in [-0.3, -0.25) is 9.59 Å². The van der Waals surface area contributed by atoms with Crippen LogP contribution in [-0.2, 0) is 4.79 Å². The number of piperazine rings is 1. The maximum atomic E-state index is 11.4. The predicted molar refractivity (Wildman–Crippen MR) is 70.9 cm³/mol. The third kappa shape index (κ3) is 2.37. The Morgan fingerprint density at radius 1 is 1.33 bits per heavy atom. The van der Waals surface area contributed by atoms with Gasteiger partial charge in [0.25, 0.3) is 0 Å². The zero-order valence-corrected chi connectivity index (χ0v) is 10.8. The Balaban J connectivity index is 2.17. The van der Waals surface area contributed by atoms with Crippen molar-refractivity contribution in [2.24, 2.45) is 0 Å². The van der Waals surface area contributed by atoms with Gasteiger partial charge in [0.1, 0.15) is 0 Å². The van der Waals surface area contributed by atoms with Crippen LogP contribution in [0.15, 0.2) is 24.3 Å². The lowest BCUT2D eigenvalue weighted by Crippen LogP contribution is -2.53. The molecule has 1 amide bonds. The number of amides is 1. The van der Waals surface area contributed by atoms with Crippen LogP contribution in [0.4, 0.5) is 5.69 Å². The Bertz CT molecular complexity index is 459. The first-order valence-electron chi connectivity index (χ1n) is 6.20. The molecule has 96 valence electrons. The molecule has 4 nitrogen and oxygen atoms in total. The average Bonchev–Trinajstić information content (AvgIpc) is 2.38. The maximum absolute atomic E-state index is 11.4. The highest BCUT2D eigenvalue weighted by molar-refractivity contribution is 5.84. The van der Waals surface area contributed by atoms with Gasteiger partial charge in [0.05, 0.1) is 0 Å². The minimum atomic E-state index is 0.117. The van der Waals surface area contributed by atoms with Gasteiger partial charge in [-0.2, -0.15) is 0 Å². The number of aldehydes is 1. The van der Waals surface area contributed by atoms with Crippen LogP contribution in [0.5, 0.6) is 0 Å². The van der Waals surface area contributed by atoms with Gasteiger partial charge < -0.3 is 9.80 Å². The summed E-state index contributed by atoms with van der Waals surface area (Å²) in [4.78, 5) is 26.5. The van der Waals surface area contributed by atoms with E-state index in [0.717, 1.165) is 25.1 Å². The van der Waals surface area contributed by atoms with Crippen molar-refractivity contribution < 1.29 is 9.59 Å². The van der Waals surface area contributed by atoms with Crippen LogP contribution in [0.1, 0.15) is 24.2 Å². The Morgan fingerprint density at radius 3 is 2.67 bits per heavy atom. The monoisotopic (exact) mass is 246 g/mol. The summed E-state index contributed by atoms with van der Waals surface area (Å²) in [6.45, 7) is 5.89. The highest BCUT2D eigenvalue weighted by Crippen LogP contribution is 2.22. The maximum Gasteiger partial charge on any atom is 0.219 e. The summed E-state index contributed by atoms with van der Waals surface area (Å²) in [5.74, 6) is 0.117. The fourth-order valence-electron chi connectivity index (χ4n) is 2.52. The normalized spacial score (nSPS) is 19.8. The lowest BCUT2D eigenvalue weighted by Gasteiger charge is -2.41. The number of para-hydroxylation sites is 1. The minimum Gasteiger partial charge on any atom is -0.367 e. The number of hydrogen-bond donors (Lipinski definition) is 0. The van der Waals surface area contributed by atoms with E-state index >= 15 is 0 Å². The smallest absolute Gasteiger partial charge is 0.219 e. The summed E-state index contributed by atoms with van der Waals surface area (Å²) < 4.78 is 0. The second kappa shape index (κ2) is 5.21. The highest BCUT2D eigenvalue weighted by atomic mass is 16.2. The summed E-state index contributed by atoms with van der Waals surface area (Å²) in [6, 6.07) is 7.76. The summed E-state index contributed by atoms with van der Waals surface area (Å²) in [6.07, 6.45) is 0.886. The lowest BCUT2D eigenvalue weighted by atomic mass is 10.1. The predicted octanol–water partition coefficient (Wildman–Crippen LogP) is 1.56.